The van der Waals surface area contributed by atoms with Gasteiger partial charge in [0.15, 0.2) is 5.65 Å². The molecule has 3 heterocycles. The standard InChI is InChI=1S/C21H27N5O3/c27-20-14(2-1-9-22-20)10-15-7-8-17-23-16(11-26(17)25-15)19(24-21(28)29)18(12-3-4-12)13-5-6-13/h7-8,11-14,18-19,24H,1-6,9-10H2,(H,22,27)(H,28,29)/t14-,19?/m1/s1. The van der Waals surface area contributed by atoms with E-state index in [1.807, 2.05) is 18.3 Å². The third-order valence-corrected chi connectivity index (χ3v) is 6.56. The molecular formula is C21H27N5O3. The summed E-state index contributed by atoms with van der Waals surface area (Å²) in [5.41, 5.74) is 2.31. The molecule has 0 spiro atoms. The van der Waals surface area contributed by atoms with E-state index in [2.05, 4.69) is 15.7 Å². The maximum absolute atomic E-state index is 12.1. The molecule has 5 rings (SSSR count). The van der Waals surface area contributed by atoms with E-state index in [0.717, 1.165) is 30.8 Å². The molecule has 1 saturated heterocycles. The summed E-state index contributed by atoms with van der Waals surface area (Å²) in [5, 5.41) is 19.8. The van der Waals surface area contributed by atoms with Gasteiger partial charge in [-0.2, -0.15) is 5.10 Å². The zero-order chi connectivity index (χ0) is 20.0. The Morgan fingerprint density at radius 3 is 2.66 bits per heavy atom. The molecule has 2 atom stereocenters. The number of carboxylic acid groups (broad SMARTS) is 1. The van der Waals surface area contributed by atoms with Crippen molar-refractivity contribution in [3.05, 3.63) is 29.7 Å². The van der Waals surface area contributed by atoms with E-state index in [1.165, 1.54) is 25.7 Å². The summed E-state index contributed by atoms with van der Waals surface area (Å²) in [6, 6.07) is 3.54. The number of amides is 2. The van der Waals surface area contributed by atoms with E-state index in [1.54, 1.807) is 4.52 Å². The molecule has 2 saturated carbocycles. The monoisotopic (exact) mass is 397 g/mol. The number of nitrogens with one attached hydrogen (secondary N) is 2. The van der Waals surface area contributed by atoms with Gasteiger partial charge in [-0.25, -0.2) is 14.3 Å². The molecule has 2 aromatic heterocycles. The molecule has 3 fully saturated rings. The van der Waals surface area contributed by atoms with Gasteiger partial charge in [0.05, 0.1) is 23.6 Å². The lowest BCUT2D eigenvalue weighted by Gasteiger charge is -2.25. The third-order valence-electron chi connectivity index (χ3n) is 6.56. The second-order valence-corrected chi connectivity index (χ2v) is 8.81. The average Bonchev–Trinajstić information content (AvgIpc) is 3.62. The lowest BCUT2D eigenvalue weighted by atomic mass is 9.88. The SMILES string of the molecule is O=C(O)NC(c1cn2nc(C[C@H]3CCCNC3=O)ccc2n1)C(C1CC1)C1CC1. The molecule has 8 nitrogen and oxygen atoms in total. The first kappa shape index (κ1) is 18.4. The Bertz CT molecular complexity index is 922. The second kappa shape index (κ2) is 7.31. The van der Waals surface area contributed by atoms with Crippen LogP contribution in [0, 0.1) is 23.7 Å². The number of hydrogen-bond acceptors (Lipinski definition) is 4. The number of piperidine rings is 1. The molecular weight excluding hydrogens is 370 g/mol. The average molecular weight is 397 g/mol. The maximum atomic E-state index is 12.1. The van der Waals surface area contributed by atoms with Crippen molar-refractivity contribution in [2.24, 2.45) is 23.7 Å². The molecule has 154 valence electrons. The van der Waals surface area contributed by atoms with E-state index in [4.69, 9.17) is 4.98 Å². The Labute approximate surface area is 169 Å². The zero-order valence-electron chi connectivity index (χ0n) is 16.4. The summed E-state index contributed by atoms with van der Waals surface area (Å²) in [6.45, 7) is 0.758. The van der Waals surface area contributed by atoms with Gasteiger partial charge in [0.2, 0.25) is 5.91 Å². The largest absolute Gasteiger partial charge is 0.465 e. The van der Waals surface area contributed by atoms with Gasteiger partial charge in [0.25, 0.3) is 0 Å². The highest BCUT2D eigenvalue weighted by Gasteiger charge is 2.47. The van der Waals surface area contributed by atoms with Crippen molar-refractivity contribution in [1.29, 1.82) is 0 Å². The molecule has 1 unspecified atom stereocenters. The minimum Gasteiger partial charge on any atom is -0.465 e. The molecule has 29 heavy (non-hydrogen) atoms. The van der Waals surface area contributed by atoms with Crippen LogP contribution < -0.4 is 10.6 Å². The molecule has 8 heteroatoms. The topological polar surface area (TPSA) is 109 Å². The Hall–Kier alpha value is -2.64. The van der Waals surface area contributed by atoms with Crippen LogP contribution in [0.3, 0.4) is 0 Å². The fraction of sp³-hybridized carbons (Fsp3) is 0.619. The van der Waals surface area contributed by atoms with Crippen LogP contribution in [0.15, 0.2) is 18.3 Å². The molecule has 3 N–H and O–H groups in total. The third kappa shape index (κ3) is 3.93. The molecule has 2 amide bonds. The Balaban J connectivity index is 1.41. The van der Waals surface area contributed by atoms with Crippen molar-refractivity contribution in [2.75, 3.05) is 6.54 Å². The van der Waals surface area contributed by atoms with Gasteiger partial charge in [-0.1, -0.05) is 0 Å². The summed E-state index contributed by atoms with van der Waals surface area (Å²) < 4.78 is 1.73. The number of aromatic nitrogens is 3. The minimum atomic E-state index is -1.00. The summed E-state index contributed by atoms with van der Waals surface area (Å²) in [4.78, 5) is 28.3. The quantitative estimate of drug-likeness (QED) is 0.665. The smallest absolute Gasteiger partial charge is 0.405 e. The number of fused-ring (bicyclic) bond motifs is 1. The van der Waals surface area contributed by atoms with E-state index in [0.29, 0.717) is 29.8 Å². The highest BCUT2D eigenvalue weighted by Crippen LogP contribution is 2.53. The van der Waals surface area contributed by atoms with Gasteiger partial charge < -0.3 is 15.7 Å². The number of imidazole rings is 1. The summed E-state index contributed by atoms with van der Waals surface area (Å²) in [6.07, 6.45) is 8.06. The first-order valence-corrected chi connectivity index (χ1v) is 10.7. The fourth-order valence-corrected chi connectivity index (χ4v) is 4.87. The van der Waals surface area contributed by atoms with Crippen molar-refractivity contribution in [2.45, 2.75) is 51.0 Å². The summed E-state index contributed by atoms with van der Waals surface area (Å²) in [5.74, 6) is 1.58. The predicted molar refractivity (Wildman–Crippen MR) is 105 cm³/mol. The van der Waals surface area contributed by atoms with Crippen LogP contribution in [0.1, 0.15) is 56.0 Å². The first-order chi connectivity index (χ1) is 14.1. The highest BCUT2D eigenvalue weighted by molar-refractivity contribution is 5.79. The molecule has 0 bridgehead atoms. The van der Waals surface area contributed by atoms with Crippen LogP contribution in [0.4, 0.5) is 4.79 Å². The molecule has 0 radical (unpaired) electrons. The normalized spacial score (nSPS) is 23.2. The van der Waals surface area contributed by atoms with Crippen molar-refractivity contribution >= 4 is 17.6 Å². The van der Waals surface area contributed by atoms with E-state index < -0.39 is 6.09 Å². The van der Waals surface area contributed by atoms with Crippen LogP contribution in [0.25, 0.3) is 5.65 Å². The van der Waals surface area contributed by atoms with E-state index in [9.17, 15) is 14.7 Å². The summed E-state index contributed by atoms with van der Waals surface area (Å²) >= 11 is 0. The zero-order valence-corrected chi connectivity index (χ0v) is 16.4. The molecule has 3 aliphatic rings. The van der Waals surface area contributed by atoms with Crippen LogP contribution in [-0.4, -0.2) is 38.2 Å². The van der Waals surface area contributed by atoms with Crippen LogP contribution in [0.2, 0.25) is 0 Å². The van der Waals surface area contributed by atoms with E-state index in [-0.39, 0.29) is 17.9 Å². The second-order valence-electron chi connectivity index (χ2n) is 8.81. The number of rotatable bonds is 7. The van der Waals surface area contributed by atoms with Crippen molar-refractivity contribution < 1.29 is 14.7 Å². The molecule has 2 aliphatic carbocycles. The lowest BCUT2D eigenvalue weighted by Crippen LogP contribution is -2.37. The number of hydrogen-bond donors (Lipinski definition) is 3. The van der Waals surface area contributed by atoms with Crippen LogP contribution in [-0.2, 0) is 11.2 Å². The Kier molecular flexibility index (Phi) is 4.64. The number of carbonyl (C=O) groups is 2. The molecule has 2 aromatic rings. The maximum Gasteiger partial charge on any atom is 0.405 e. The van der Waals surface area contributed by atoms with Gasteiger partial charge >= 0.3 is 6.09 Å². The van der Waals surface area contributed by atoms with Crippen LogP contribution in [0.5, 0.6) is 0 Å². The van der Waals surface area contributed by atoms with Gasteiger partial charge in [-0.3, -0.25) is 4.79 Å². The lowest BCUT2D eigenvalue weighted by molar-refractivity contribution is -0.126. The van der Waals surface area contributed by atoms with Gasteiger partial charge in [0, 0.05) is 18.9 Å². The summed E-state index contributed by atoms with van der Waals surface area (Å²) in [7, 11) is 0. The van der Waals surface area contributed by atoms with Crippen molar-refractivity contribution in [1.82, 2.24) is 25.2 Å². The predicted octanol–water partition coefficient (Wildman–Crippen LogP) is 2.54. The number of nitrogens with zero attached hydrogens (tertiary/aromatic N) is 3. The van der Waals surface area contributed by atoms with Gasteiger partial charge in [-0.15, -0.1) is 0 Å². The van der Waals surface area contributed by atoms with Crippen LogP contribution >= 0.6 is 0 Å². The molecule has 1 aliphatic heterocycles. The van der Waals surface area contributed by atoms with E-state index >= 15 is 0 Å². The Morgan fingerprint density at radius 2 is 2.00 bits per heavy atom. The first-order valence-electron chi connectivity index (χ1n) is 10.7. The highest BCUT2D eigenvalue weighted by atomic mass is 16.4. The Morgan fingerprint density at radius 1 is 1.24 bits per heavy atom. The van der Waals surface area contributed by atoms with Crippen molar-refractivity contribution in [3.63, 3.8) is 0 Å². The minimum absolute atomic E-state index is 0.0350. The molecule has 0 aromatic carbocycles. The van der Waals surface area contributed by atoms with Gasteiger partial charge in [0.1, 0.15) is 0 Å². The van der Waals surface area contributed by atoms with Gasteiger partial charge in [-0.05, 0) is 68.4 Å². The fourth-order valence-electron chi connectivity index (χ4n) is 4.87. The number of carbonyl (C=O) groups excluding carboxylic acids is 1. The van der Waals surface area contributed by atoms with Crippen molar-refractivity contribution in [3.8, 4) is 0 Å².